The van der Waals surface area contributed by atoms with Crippen LogP contribution in [0.5, 0.6) is 0 Å². The summed E-state index contributed by atoms with van der Waals surface area (Å²) in [6, 6.07) is 85.5. The molecule has 0 aliphatic heterocycles. The first kappa shape index (κ1) is 42.7. The molecule has 1 heteroatoms. The molecule has 0 atom stereocenters. The molecule has 1 nitrogen and oxygen atoms in total. The fourth-order valence-corrected chi connectivity index (χ4v) is 8.28. The van der Waals surface area contributed by atoms with E-state index in [1.54, 1.807) is 6.08 Å². The molecule has 310 valence electrons. The second kappa shape index (κ2) is 20.7. The van der Waals surface area contributed by atoms with Crippen molar-refractivity contribution < 1.29 is 0 Å². The van der Waals surface area contributed by atoms with Crippen LogP contribution in [0.4, 0.5) is 17.1 Å². The van der Waals surface area contributed by atoms with Crippen molar-refractivity contribution in [2.24, 2.45) is 0 Å². The van der Waals surface area contributed by atoms with Gasteiger partial charge < -0.3 is 4.90 Å². The molecule has 0 saturated carbocycles. The minimum absolute atomic E-state index is 1.10. The van der Waals surface area contributed by atoms with Crippen molar-refractivity contribution in [3.63, 3.8) is 0 Å². The van der Waals surface area contributed by atoms with Crippen LogP contribution in [0.1, 0.15) is 20.8 Å². The molecule has 64 heavy (non-hydrogen) atoms. The van der Waals surface area contributed by atoms with E-state index in [2.05, 4.69) is 248 Å². The standard InChI is InChI=1S/C56H39N.C5H8.C2H6/c1-2-11-40(12-3-1)48-17-8-18-49(39-48)43-29-35-51(36-30-43)57(52-37-31-47(32-38-52)56-22-10-16-45-14-5-7-20-54(45)56)50-33-27-42(28-34-50)41-23-25-46(26-24-41)55-21-9-15-44-13-4-6-19-53(44)55;1-3-5-4-2;1-2/h1-39H;3-5H,1H2,2H3;1-2H3/b;5-4-;. The molecular formula is C63H53N. The van der Waals surface area contributed by atoms with E-state index in [0.29, 0.717) is 0 Å². The predicted octanol–water partition coefficient (Wildman–Crippen LogP) is 18.6. The molecule has 0 bridgehead atoms. The van der Waals surface area contributed by atoms with Crippen LogP contribution in [0.2, 0.25) is 0 Å². The lowest BCUT2D eigenvalue weighted by atomic mass is 9.96. The number of hydrogen-bond acceptors (Lipinski definition) is 1. The maximum atomic E-state index is 3.46. The highest BCUT2D eigenvalue weighted by Crippen LogP contribution is 2.39. The van der Waals surface area contributed by atoms with Gasteiger partial charge in [0.25, 0.3) is 0 Å². The molecule has 0 radical (unpaired) electrons. The Labute approximate surface area is 379 Å². The summed E-state index contributed by atoms with van der Waals surface area (Å²) in [6.45, 7) is 9.42. The van der Waals surface area contributed by atoms with Gasteiger partial charge >= 0.3 is 0 Å². The van der Waals surface area contributed by atoms with E-state index in [4.69, 9.17) is 0 Å². The molecule has 10 aromatic rings. The fraction of sp³-hybridized carbons (Fsp3) is 0.0476. The highest BCUT2D eigenvalue weighted by Gasteiger charge is 2.15. The van der Waals surface area contributed by atoms with Crippen LogP contribution in [-0.2, 0) is 0 Å². The van der Waals surface area contributed by atoms with E-state index in [1.165, 1.54) is 77.2 Å². The highest BCUT2D eigenvalue weighted by molar-refractivity contribution is 5.98. The molecular weight excluding hydrogens is 771 g/mol. The normalized spacial score (nSPS) is 10.7. The lowest BCUT2D eigenvalue weighted by molar-refractivity contribution is 1.28. The maximum absolute atomic E-state index is 3.46. The van der Waals surface area contributed by atoms with Gasteiger partial charge in [-0.3, -0.25) is 0 Å². The number of rotatable bonds is 9. The number of anilines is 3. The van der Waals surface area contributed by atoms with Gasteiger partial charge in [-0.2, -0.15) is 0 Å². The van der Waals surface area contributed by atoms with E-state index in [0.717, 1.165) is 17.1 Å². The van der Waals surface area contributed by atoms with Gasteiger partial charge in [0.1, 0.15) is 0 Å². The molecule has 0 aliphatic rings. The summed E-state index contributed by atoms with van der Waals surface area (Å²) in [5.74, 6) is 0. The molecule has 0 aliphatic carbocycles. The molecule has 0 heterocycles. The quantitative estimate of drug-likeness (QED) is 0.131. The van der Waals surface area contributed by atoms with Crippen LogP contribution in [0, 0.1) is 0 Å². The Morgan fingerprint density at radius 1 is 0.328 bits per heavy atom. The molecule has 0 fully saturated rings. The topological polar surface area (TPSA) is 3.24 Å². The summed E-state index contributed by atoms with van der Waals surface area (Å²) in [7, 11) is 0. The third kappa shape index (κ3) is 9.55. The summed E-state index contributed by atoms with van der Waals surface area (Å²) in [4.78, 5) is 2.35. The van der Waals surface area contributed by atoms with Gasteiger partial charge in [0.05, 0.1) is 0 Å². The van der Waals surface area contributed by atoms with E-state index in [1.807, 2.05) is 32.9 Å². The van der Waals surface area contributed by atoms with Gasteiger partial charge in [0.15, 0.2) is 0 Å². The van der Waals surface area contributed by atoms with Gasteiger partial charge in [-0.15, -0.1) is 0 Å². The molecule has 0 spiro atoms. The average molecular weight is 824 g/mol. The van der Waals surface area contributed by atoms with Gasteiger partial charge in [-0.05, 0) is 127 Å². The van der Waals surface area contributed by atoms with Gasteiger partial charge in [0.2, 0.25) is 0 Å². The summed E-state index contributed by atoms with van der Waals surface area (Å²) in [5.41, 5.74) is 15.4. The predicted molar refractivity (Wildman–Crippen MR) is 280 cm³/mol. The summed E-state index contributed by atoms with van der Waals surface area (Å²) in [6.07, 6.45) is 5.58. The minimum Gasteiger partial charge on any atom is -0.311 e. The van der Waals surface area contributed by atoms with Crippen molar-refractivity contribution in [3.05, 3.63) is 261 Å². The Morgan fingerprint density at radius 2 is 0.656 bits per heavy atom. The van der Waals surface area contributed by atoms with Crippen LogP contribution in [-0.4, -0.2) is 0 Å². The maximum Gasteiger partial charge on any atom is 0.0462 e. The number of fused-ring (bicyclic) bond motifs is 2. The van der Waals surface area contributed by atoms with Crippen molar-refractivity contribution in [2.75, 3.05) is 4.90 Å². The lowest BCUT2D eigenvalue weighted by Crippen LogP contribution is -2.09. The molecule has 10 aromatic carbocycles. The van der Waals surface area contributed by atoms with Crippen LogP contribution >= 0.6 is 0 Å². The van der Waals surface area contributed by atoms with E-state index in [-0.39, 0.29) is 0 Å². The SMILES string of the molecule is C=C/C=C\C.CC.c1ccc(-c2cccc(-c3ccc(N(c4ccc(-c5ccc(-c6cccc7ccccc67)cc5)cc4)c4ccc(-c5cccc6ccccc56)cc4)cc3)c2)cc1. The number of nitrogens with zero attached hydrogens (tertiary/aromatic N) is 1. The van der Waals surface area contributed by atoms with E-state index < -0.39 is 0 Å². The zero-order chi connectivity index (χ0) is 44.1. The Kier molecular flexibility index (Phi) is 13.8. The zero-order valence-corrected chi connectivity index (χ0v) is 36.9. The number of benzene rings is 10. The lowest BCUT2D eigenvalue weighted by Gasteiger charge is -2.26. The Hall–Kier alpha value is -8.00. The van der Waals surface area contributed by atoms with Crippen LogP contribution < -0.4 is 4.90 Å². The van der Waals surface area contributed by atoms with E-state index >= 15 is 0 Å². The highest BCUT2D eigenvalue weighted by atomic mass is 15.1. The molecule has 0 N–H and O–H groups in total. The summed E-state index contributed by atoms with van der Waals surface area (Å²) < 4.78 is 0. The minimum atomic E-state index is 1.10. The summed E-state index contributed by atoms with van der Waals surface area (Å²) in [5, 5.41) is 5.04. The monoisotopic (exact) mass is 823 g/mol. The second-order valence-corrected chi connectivity index (χ2v) is 15.3. The molecule has 10 rings (SSSR count). The number of allylic oxidation sites excluding steroid dienone is 3. The fourth-order valence-electron chi connectivity index (χ4n) is 8.28. The van der Waals surface area contributed by atoms with Crippen molar-refractivity contribution in [3.8, 4) is 55.6 Å². The van der Waals surface area contributed by atoms with Crippen LogP contribution in [0.15, 0.2) is 261 Å². The third-order valence-corrected chi connectivity index (χ3v) is 11.4. The van der Waals surface area contributed by atoms with Crippen LogP contribution in [0.3, 0.4) is 0 Å². The second-order valence-electron chi connectivity index (χ2n) is 15.3. The largest absolute Gasteiger partial charge is 0.311 e. The van der Waals surface area contributed by atoms with Crippen LogP contribution in [0.25, 0.3) is 77.2 Å². The van der Waals surface area contributed by atoms with Gasteiger partial charge in [0, 0.05) is 17.1 Å². The van der Waals surface area contributed by atoms with E-state index in [9.17, 15) is 0 Å². The first-order valence-electron chi connectivity index (χ1n) is 22.2. The molecule has 0 unspecified atom stereocenters. The Bertz CT molecular complexity index is 3090. The first-order chi connectivity index (χ1) is 31.7. The molecule has 0 saturated heterocycles. The molecule has 0 aromatic heterocycles. The van der Waals surface area contributed by atoms with Crippen molar-refractivity contribution in [1.82, 2.24) is 0 Å². The van der Waals surface area contributed by atoms with Gasteiger partial charge in [-0.1, -0.05) is 233 Å². The molecule has 0 amide bonds. The first-order valence-corrected chi connectivity index (χ1v) is 22.2. The number of hydrogen-bond donors (Lipinski definition) is 0. The Balaban J connectivity index is 0.000000750. The zero-order valence-electron chi connectivity index (χ0n) is 36.9. The smallest absolute Gasteiger partial charge is 0.0462 e. The van der Waals surface area contributed by atoms with Crippen molar-refractivity contribution in [2.45, 2.75) is 20.8 Å². The Morgan fingerprint density at radius 3 is 1.09 bits per heavy atom. The summed E-state index contributed by atoms with van der Waals surface area (Å²) >= 11 is 0. The van der Waals surface area contributed by atoms with Gasteiger partial charge in [-0.25, -0.2) is 0 Å². The van der Waals surface area contributed by atoms with Crippen molar-refractivity contribution >= 4 is 38.6 Å². The third-order valence-electron chi connectivity index (χ3n) is 11.4. The van der Waals surface area contributed by atoms with Crippen molar-refractivity contribution in [1.29, 1.82) is 0 Å². The average Bonchev–Trinajstić information content (AvgIpc) is 3.38.